The molecule has 7 heteroatoms. The number of alkyl halides is 3. The summed E-state index contributed by atoms with van der Waals surface area (Å²) in [5.74, 6) is 0.289. The zero-order valence-electron chi connectivity index (χ0n) is 10.6. The first-order valence-electron chi connectivity index (χ1n) is 6.14. The van der Waals surface area contributed by atoms with Gasteiger partial charge >= 0.3 is 6.18 Å². The number of hydrogen-bond donors (Lipinski definition) is 1. The molecule has 0 spiro atoms. The average Bonchev–Trinajstić information content (AvgIpc) is 3.07. The van der Waals surface area contributed by atoms with Crippen LogP contribution in [0, 0.1) is 6.92 Å². The van der Waals surface area contributed by atoms with E-state index < -0.39 is 12.8 Å². The van der Waals surface area contributed by atoms with Crippen LogP contribution in [-0.2, 0) is 17.9 Å². The van der Waals surface area contributed by atoms with Crippen LogP contribution in [0.5, 0.6) is 0 Å². The van der Waals surface area contributed by atoms with E-state index in [-0.39, 0.29) is 12.4 Å². The number of nitrogens with one attached hydrogen (secondary N) is 1. The van der Waals surface area contributed by atoms with Gasteiger partial charge in [-0.25, -0.2) is 9.97 Å². The third kappa shape index (κ3) is 5.52. The highest BCUT2D eigenvalue weighted by Gasteiger charge is 2.27. The van der Waals surface area contributed by atoms with Crippen molar-refractivity contribution in [3.05, 3.63) is 23.3 Å². The highest BCUT2D eigenvalue weighted by molar-refractivity contribution is 5.10. The van der Waals surface area contributed by atoms with Crippen molar-refractivity contribution in [3.8, 4) is 0 Å². The van der Waals surface area contributed by atoms with E-state index in [9.17, 15) is 13.2 Å². The molecule has 0 aromatic carbocycles. The predicted octanol–water partition coefficient (Wildman–Crippen LogP) is 2.12. The fourth-order valence-corrected chi connectivity index (χ4v) is 1.65. The fourth-order valence-electron chi connectivity index (χ4n) is 1.65. The minimum absolute atomic E-state index is 0.225. The highest BCUT2D eigenvalue weighted by atomic mass is 19.4. The van der Waals surface area contributed by atoms with E-state index in [0.717, 1.165) is 11.4 Å². The molecule has 0 unspecified atom stereocenters. The molecule has 0 aliphatic heterocycles. The number of ether oxygens (including phenoxy) is 1. The summed E-state index contributed by atoms with van der Waals surface area (Å²) in [6.07, 6.45) is -1.97. The summed E-state index contributed by atoms with van der Waals surface area (Å²) in [7, 11) is 0. The van der Waals surface area contributed by atoms with Gasteiger partial charge in [0, 0.05) is 18.3 Å². The van der Waals surface area contributed by atoms with Gasteiger partial charge in [0.15, 0.2) is 5.82 Å². The molecule has 19 heavy (non-hydrogen) atoms. The molecule has 1 aliphatic rings. The molecule has 1 aromatic heterocycles. The molecular weight excluding hydrogens is 259 g/mol. The van der Waals surface area contributed by atoms with Gasteiger partial charge in [0.25, 0.3) is 0 Å². The van der Waals surface area contributed by atoms with Crippen LogP contribution >= 0.6 is 0 Å². The van der Waals surface area contributed by atoms with E-state index in [1.165, 1.54) is 12.8 Å². The molecule has 1 aliphatic carbocycles. The van der Waals surface area contributed by atoms with Crippen molar-refractivity contribution < 1.29 is 17.9 Å². The van der Waals surface area contributed by atoms with Gasteiger partial charge in [-0.1, -0.05) is 0 Å². The summed E-state index contributed by atoms with van der Waals surface area (Å²) in [6, 6.07) is 2.38. The lowest BCUT2D eigenvalue weighted by molar-refractivity contribution is -0.177. The van der Waals surface area contributed by atoms with E-state index in [0.29, 0.717) is 12.6 Å². The second-order valence-corrected chi connectivity index (χ2v) is 4.68. The van der Waals surface area contributed by atoms with Gasteiger partial charge in [-0.15, -0.1) is 0 Å². The molecule has 1 heterocycles. The Labute approximate surface area is 109 Å². The van der Waals surface area contributed by atoms with Gasteiger partial charge in [-0.2, -0.15) is 13.2 Å². The predicted molar refractivity (Wildman–Crippen MR) is 62.3 cm³/mol. The normalized spacial score (nSPS) is 15.8. The summed E-state index contributed by atoms with van der Waals surface area (Å²) in [5, 5.41) is 3.30. The van der Waals surface area contributed by atoms with Crippen molar-refractivity contribution in [3.63, 3.8) is 0 Å². The second-order valence-electron chi connectivity index (χ2n) is 4.68. The van der Waals surface area contributed by atoms with Crippen LogP contribution in [0.3, 0.4) is 0 Å². The molecule has 0 amide bonds. The Bertz CT molecular complexity index is 433. The van der Waals surface area contributed by atoms with Crippen molar-refractivity contribution >= 4 is 0 Å². The minimum atomic E-state index is -4.32. The van der Waals surface area contributed by atoms with Crippen LogP contribution in [-0.4, -0.2) is 28.8 Å². The minimum Gasteiger partial charge on any atom is -0.364 e. The topological polar surface area (TPSA) is 47.0 Å². The standard InChI is InChI=1S/C12H16F3N3O/c1-8-4-10(5-16-9-2-3-9)18-11(17-8)6-19-7-12(13,14)15/h4,9,16H,2-3,5-7H2,1H3. The Balaban J connectivity index is 1.87. The molecule has 4 nitrogen and oxygen atoms in total. The Morgan fingerprint density at radius 2 is 2.11 bits per heavy atom. The lowest BCUT2D eigenvalue weighted by Gasteiger charge is -2.09. The molecule has 106 valence electrons. The number of rotatable bonds is 6. The molecule has 2 rings (SSSR count). The highest BCUT2D eigenvalue weighted by Crippen LogP contribution is 2.19. The van der Waals surface area contributed by atoms with E-state index in [1.54, 1.807) is 6.92 Å². The number of aryl methyl sites for hydroxylation is 1. The zero-order valence-corrected chi connectivity index (χ0v) is 10.6. The molecule has 1 saturated carbocycles. The molecule has 0 saturated heterocycles. The van der Waals surface area contributed by atoms with Crippen LogP contribution in [0.1, 0.15) is 30.1 Å². The number of hydrogen-bond acceptors (Lipinski definition) is 4. The molecule has 0 bridgehead atoms. The Morgan fingerprint density at radius 3 is 2.74 bits per heavy atom. The van der Waals surface area contributed by atoms with E-state index in [1.807, 2.05) is 6.07 Å². The van der Waals surface area contributed by atoms with Crippen molar-refractivity contribution in [1.29, 1.82) is 0 Å². The summed E-state index contributed by atoms with van der Waals surface area (Å²) in [5.41, 5.74) is 1.51. The van der Waals surface area contributed by atoms with Crippen LogP contribution in [0.15, 0.2) is 6.07 Å². The molecule has 1 fully saturated rings. The Morgan fingerprint density at radius 1 is 1.37 bits per heavy atom. The lowest BCUT2D eigenvalue weighted by Crippen LogP contribution is -2.19. The molecule has 1 N–H and O–H groups in total. The summed E-state index contributed by atoms with van der Waals surface area (Å²) >= 11 is 0. The smallest absolute Gasteiger partial charge is 0.364 e. The van der Waals surface area contributed by atoms with Gasteiger partial charge in [-0.3, -0.25) is 0 Å². The molecule has 1 aromatic rings. The van der Waals surface area contributed by atoms with Gasteiger partial charge in [0.1, 0.15) is 13.2 Å². The Hall–Kier alpha value is -1.21. The van der Waals surface area contributed by atoms with Crippen molar-refractivity contribution in [2.24, 2.45) is 0 Å². The number of nitrogens with zero attached hydrogens (tertiary/aromatic N) is 2. The van der Waals surface area contributed by atoms with Gasteiger partial charge in [0.05, 0.1) is 5.69 Å². The second kappa shape index (κ2) is 5.83. The summed E-state index contributed by atoms with van der Waals surface area (Å²) in [4.78, 5) is 8.25. The maximum atomic E-state index is 12.0. The maximum Gasteiger partial charge on any atom is 0.411 e. The number of halogens is 3. The van der Waals surface area contributed by atoms with Crippen LogP contribution in [0.4, 0.5) is 13.2 Å². The first-order valence-corrected chi connectivity index (χ1v) is 6.14. The average molecular weight is 275 g/mol. The third-order valence-corrected chi connectivity index (χ3v) is 2.60. The quantitative estimate of drug-likeness (QED) is 0.864. The van der Waals surface area contributed by atoms with Crippen molar-refractivity contribution in [2.45, 2.75) is 45.1 Å². The van der Waals surface area contributed by atoms with Gasteiger partial charge in [0.2, 0.25) is 0 Å². The van der Waals surface area contributed by atoms with E-state index in [4.69, 9.17) is 0 Å². The molecular formula is C12H16F3N3O. The fraction of sp³-hybridized carbons (Fsp3) is 0.667. The molecule has 0 radical (unpaired) electrons. The zero-order chi connectivity index (χ0) is 13.9. The number of aromatic nitrogens is 2. The lowest BCUT2D eigenvalue weighted by atomic mass is 10.3. The third-order valence-electron chi connectivity index (χ3n) is 2.60. The van der Waals surface area contributed by atoms with Gasteiger partial charge in [-0.05, 0) is 25.8 Å². The molecule has 0 atom stereocenters. The van der Waals surface area contributed by atoms with Crippen molar-refractivity contribution in [2.75, 3.05) is 6.61 Å². The SMILES string of the molecule is Cc1cc(CNC2CC2)nc(COCC(F)(F)F)n1. The maximum absolute atomic E-state index is 12.0. The summed E-state index contributed by atoms with van der Waals surface area (Å²) in [6.45, 7) is 0.896. The largest absolute Gasteiger partial charge is 0.411 e. The summed E-state index contributed by atoms with van der Waals surface area (Å²) < 4.78 is 40.4. The van der Waals surface area contributed by atoms with Crippen molar-refractivity contribution in [1.82, 2.24) is 15.3 Å². The first kappa shape index (κ1) is 14.2. The van der Waals surface area contributed by atoms with Crippen LogP contribution < -0.4 is 5.32 Å². The first-order chi connectivity index (χ1) is 8.92. The van der Waals surface area contributed by atoms with E-state index >= 15 is 0 Å². The van der Waals surface area contributed by atoms with Gasteiger partial charge < -0.3 is 10.1 Å². The van der Waals surface area contributed by atoms with E-state index in [2.05, 4.69) is 20.0 Å². The van der Waals surface area contributed by atoms with Crippen LogP contribution in [0.2, 0.25) is 0 Å². The monoisotopic (exact) mass is 275 g/mol. The Kier molecular flexibility index (Phi) is 4.36. The van der Waals surface area contributed by atoms with Crippen LogP contribution in [0.25, 0.3) is 0 Å².